The number of aliphatic hydroxyl groups excluding tert-OH is 1. The van der Waals surface area contributed by atoms with Gasteiger partial charge in [0, 0.05) is 22.3 Å². The smallest absolute Gasteiger partial charge is 0.219 e. The quantitative estimate of drug-likeness (QED) is 0.763. The lowest BCUT2D eigenvalue weighted by atomic mass is 10.2. The molecule has 0 unspecified atom stereocenters. The van der Waals surface area contributed by atoms with Gasteiger partial charge >= 0.3 is 0 Å². The highest BCUT2D eigenvalue weighted by Crippen LogP contribution is 2.36. The summed E-state index contributed by atoms with van der Waals surface area (Å²) in [7, 11) is 0. The van der Waals surface area contributed by atoms with Gasteiger partial charge in [-0.05, 0) is 40.0 Å². The van der Waals surface area contributed by atoms with E-state index in [1.807, 2.05) is 13.0 Å². The number of pyridine rings is 1. The van der Waals surface area contributed by atoms with Crippen molar-refractivity contribution in [2.75, 3.05) is 0 Å². The van der Waals surface area contributed by atoms with E-state index in [0.29, 0.717) is 26.1 Å². The zero-order valence-electron chi connectivity index (χ0n) is 10.7. The lowest BCUT2D eigenvalue weighted by molar-refractivity contribution is 0.281. The molecule has 1 N–H and O–H groups in total. The highest BCUT2D eigenvalue weighted by molar-refractivity contribution is 9.10. The maximum atomic E-state index is 9.25. The molecule has 3 nitrogen and oxygen atoms in total. The average Bonchev–Trinajstić information content (AvgIpc) is 2.44. The predicted molar refractivity (Wildman–Crippen MR) is 83.8 cm³/mol. The monoisotopic (exact) mass is 375 g/mol. The summed E-state index contributed by atoms with van der Waals surface area (Å²) >= 11 is 15.4. The molecule has 1 heterocycles. The van der Waals surface area contributed by atoms with Crippen molar-refractivity contribution >= 4 is 39.1 Å². The molecule has 0 spiro atoms. The van der Waals surface area contributed by atoms with Crippen LogP contribution in [0.4, 0.5) is 0 Å². The molecule has 0 aliphatic carbocycles. The van der Waals surface area contributed by atoms with Crippen molar-refractivity contribution in [1.29, 1.82) is 0 Å². The third-order valence-corrected chi connectivity index (χ3v) is 4.14. The fourth-order valence-electron chi connectivity index (χ4n) is 1.64. The van der Waals surface area contributed by atoms with Crippen LogP contribution in [-0.2, 0) is 13.0 Å². The molecule has 20 heavy (non-hydrogen) atoms. The van der Waals surface area contributed by atoms with Crippen molar-refractivity contribution in [1.82, 2.24) is 4.98 Å². The Morgan fingerprint density at radius 2 is 1.95 bits per heavy atom. The highest BCUT2D eigenvalue weighted by Gasteiger charge is 2.10. The Bertz CT molecular complexity index is 613. The molecule has 0 bridgehead atoms. The zero-order chi connectivity index (χ0) is 14.7. The zero-order valence-corrected chi connectivity index (χ0v) is 13.8. The first kappa shape index (κ1) is 15.6. The molecular weight excluding hydrogens is 365 g/mol. The van der Waals surface area contributed by atoms with Crippen LogP contribution in [0.2, 0.25) is 10.0 Å². The fourth-order valence-corrected chi connectivity index (χ4v) is 2.47. The van der Waals surface area contributed by atoms with Gasteiger partial charge in [0.1, 0.15) is 5.75 Å². The Morgan fingerprint density at radius 3 is 2.60 bits per heavy atom. The lowest BCUT2D eigenvalue weighted by Crippen LogP contribution is -1.96. The number of aromatic nitrogens is 1. The lowest BCUT2D eigenvalue weighted by Gasteiger charge is -2.10. The summed E-state index contributed by atoms with van der Waals surface area (Å²) in [6.07, 6.45) is 0.749. The number of ether oxygens (including phenoxy) is 1. The summed E-state index contributed by atoms with van der Waals surface area (Å²) in [5.41, 5.74) is 1.58. The van der Waals surface area contributed by atoms with Crippen LogP contribution in [0.1, 0.15) is 18.2 Å². The normalized spacial score (nSPS) is 10.7. The van der Waals surface area contributed by atoms with Crippen molar-refractivity contribution in [3.8, 4) is 11.6 Å². The standard InChI is InChI=1S/C14H12BrCl2NO2/c1-2-9-3-8(7-19)4-14(18-9)20-13-6-11(16)10(15)5-12(13)17/h3-6,19H,2,7H2,1H3. The molecule has 0 amide bonds. The van der Waals surface area contributed by atoms with Gasteiger partial charge in [-0.2, -0.15) is 0 Å². The van der Waals surface area contributed by atoms with Crippen molar-refractivity contribution in [3.63, 3.8) is 0 Å². The van der Waals surface area contributed by atoms with Crippen molar-refractivity contribution < 1.29 is 9.84 Å². The van der Waals surface area contributed by atoms with Crippen LogP contribution in [0, 0.1) is 0 Å². The second-order valence-corrected chi connectivity index (χ2v) is 5.78. The average molecular weight is 377 g/mol. The minimum absolute atomic E-state index is 0.0687. The van der Waals surface area contributed by atoms with E-state index < -0.39 is 0 Å². The third-order valence-electron chi connectivity index (χ3n) is 2.65. The molecule has 2 rings (SSSR count). The topological polar surface area (TPSA) is 42.4 Å². The van der Waals surface area contributed by atoms with Crippen LogP contribution < -0.4 is 4.74 Å². The molecule has 106 valence electrons. The largest absolute Gasteiger partial charge is 0.437 e. The summed E-state index contributed by atoms with van der Waals surface area (Å²) in [6, 6.07) is 6.79. The summed E-state index contributed by atoms with van der Waals surface area (Å²) in [5.74, 6) is 0.804. The van der Waals surface area contributed by atoms with Crippen LogP contribution in [-0.4, -0.2) is 10.1 Å². The first-order valence-corrected chi connectivity index (χ1v) is 7.51. The minimum atomic E-state index is -0.0687. The number of hydrogen-bond acceptors (Lipinski definition) is 3. The number of hydrogen-bond donors (Lipinski definition) is 1. The Hall–Kier alpha value is -0.810. The Morgan fingerprint density at radius 1 is 1.20 bits per heavy atom. The maximum Gasteiger partial charge on any atom is 0.219 e. The predicted octanol–water partition coefficient (Wildman–Crippen LogP) is 5.00. The number of nitrogens with zero attached hydrogens (tertiary/aromatic N) is 1. The van der Waals surface area contributed by atoms with E-state index in [1.54, 1.807) is 18.2 Å². The van der Waals surface area contributed by atoms with Crippen LogP contribution in [0.25, 0.3) is 0 Å². The van der Waals surface area contributed by atoms with Crippen LogP contribution in [0.15, 0.2) is 28.7 Å². The highest BCUT2D eigenvalue weighted by atomic mass is 79.9. The van der Waals surface area contributed by atoms with E-state index in [4.69, 9.17) is 27.9 Å². The van der Waals surface area contributed by atoms with Crippen molar-refractivity contribution in [3.05, 3.63) is 50.0 Å². The Kier molecular flexibility index (Phi) is 5.27. The Balaban J connectivity index is 2.36. The second kappa shape index (κ2) is 6.76. The molecule has 0 aliphatic rings. The molecule has 0 aliphatic heterocycles. The van der Waals surface area contributed by atoms with E-state index >= 15 is 0 Å². The number of aliphatic hydroxyl groups is 1. The van der Waals surface area contributed by atoms with Gasteiger partial charge in [0.2, 0.25) is 5.88 Å². The van der Waals surface area contributed by atoms with Gasteiger partial charge in [-0.25, -0.2) is 4.98 Å². The number of rotatable bonds is 4. The molecule has 1 aromatic heterocycles. The number of halogens is 3. The minimum Gasteiger partial charge on any atom is -0.437 e. The first-order chi connectivity index (χ1) is 9.53. The van der Waals surface area contributed by atoms with E-state index in [-0.39, 0.29) is 6.61 Å². The van der Waals surface area contributed by atoms with E-state index in [1.165, 1.54) is 0 Å². The van der Waals surface area contributed by atoms with Crippen LogP contribution in [0.3, 0.4) is 0 Å². The fraction of sp³-hybridized carbons (Fsp3) is 0.214. The Labute approximate surface area is 135 Å². The summed E-state index contributed by atoms with van der Waals surface area (Å²) < 4.78 is 6.37. The molecule has 1 aromatic carbocycles. The maximum absolute atomic E-state index is 9.25. The molecule has 0 fully saturated rings. The summed E-state index contributed by atoms with van der Waals surface area (Å²) in [4.78, 5) is 4.34. The molecule has 0 saturated heterocycles. The molecular formula is C14H12BrCl2NO2. The van der Waals surface area contributed by atoms with Crippen LogP contribution in [0.5, 0.6) is 11.6 Å². The van der Waals surface area contributed by atoms with Crippen LogP contribution >= 0.6 is 39.1 Å². The van der Waals surface area contributed by atoms with Gasteiger partial charge in [-0.15, -0.1) is 0 Å². The summed E-state index contributed by atoms with van der Waals surface area (Å²) in [5, 5.41) is 10.2. The van der Waals surface area contributed by atoms with Gasteiger partial charge in [-0.3, -0.25) is 0 Å². The first-order valence-electron chi connectivity index (χ1n) is 5.96. The second-order valence-electron chi connectivity index (χ2n) is 4.12. The van der Waals surface area contributed by atoms with E-state index in [2.05, 4.69) is 20.9 Å². The van der Waals surface area contributed by atoms with E-state index in [0.717, 1.165) is 17.7 Å². The molecule has 0 radical (unpaired) electrons. The van der Waals surface area contributed by atoms with Gasteiger partial charge < -0.3 is 9.84 Å². The number of benzene rings is 1. The number of aryl methyl sites for hydroxylation is 1. The van der Waals surface area contributed by atoms with Gasteiger partial charge in [0.15, 0.2) is 0 Å². The van der Waals surface area contributed by atoms with Gasteiger partial charge in [-0.1, -0.05) is 30.1 Å². The van der Waals surface area contributed by atoms with Gasteiger partial charge in [0.05, 0.1) is 16.7 Å². The molecule has 0 saturated carbocycles. The molecule has 2 aromatic rings. The van der Waals surface area contributed by atoms with Gasteiger partial charge in [0.25, 0.3) is 0 Å². The molecule has 6 heteroatoms. The van der Waals surface area contributed by atoms with E-state index in [9.17, 15) is 5.11 Å². The van der Waals surface area contributed by atoms with Crippen molar-refractivity contribution in [2.45, 2.75) is 20.0 Å². The van der Waals surface area contributed by atoms with Crippen molar-refractivity contribution in [2.24, 2.45) is 0 Å². The third kappa shape index (κ3) is 3.64. The molecule has 0 atom stereocenters. The SMILES string of the molecule is CCc1cc(CO)cc(Oc2cc(Cl)c(Br)cc2Cl)n1. The summed E-state index contributed by atoms with van der Waals surface area (Å²) in [6.45, 7) is 1.91.